The van der Waals surface area contributed by atoms with Gasteiger partial charge in [0.25, 0.3) is 0 Å². The second kappa shape index (κ2) is 8.94. The van der Waals surface area contributed by atoms with Crippen molar-refractivity contribution in [1.29, 1.82) is 0 Å². The van der Waals surface area contributed by atoms with Crippen molar-refractivity contribution in [2.24, 2.45) is 5.73 Å². The van der Waals surface area contributed by atoms with Crippen LogP contribution < -0.4 is 5.73 Å². The normalized spacial score (nSPS) is 15.0. The average molecular weight is 178 g/mol. The predicted octanol–water partition coefficient (Wildman–Crippen LogP) is 1.65. The van der Waals surface area contributed by atoms with Crippen LogP contribution in [0.1, 0.15) is 27.2 Å². The van der Waals surface area contributed by atoms with Crippen molar-refractivity contribution in [3.05, 3.63) is 0 Å². The van der Waals surface area contributed by atoms with Crippen LogP contribution in [0.2, 0.25) is 0 Å². The highest BCUT2D eigenvalue weighted by atomic mass is 19.1. The number of likely N-dealkylation sites (N-methyl/N-ethyl adjacent to an activating group) is 1. The Kier molecular flexibility index (Phi) is 10.7. The third kappa shape index (κ3) is 7.95. The van der Waals surface area contributed by atoms with E-state index in [4.69, 9.17) is 5.73 Å². The summed E-state index contributed by atoms with van der Waals surface area (Å²) in [5.74, 6) is 0. The summed E-state index contributed by atoms with van der Waals surface area (Å²) < 4.78 is 12.7. The summed E-state index contributed by atoms with van der Waals surface area (Å²) in [7, 11) is 3.78. The Bertz CT molecular complexity index is 86.6. The Morgan fingerprint density at radius 2 is 1.75 bits per heavy atom. The van der Waals surface area contributed by atoms with Crippen LogP contribution >= 0.6 is 0 Å². The van der Waals surface area contributed by atoms with Crippen molar-refractivity contribution in [1.82, 2.24) is 4.90 Å². The summed E-state index contributed by atoms with van der Waals surface area (Å²) >= 11 is 0. The zero-order valence-electron chi connectivity index (χ0n) is 8.97. The van der Waals surface area contributed by atoms with E-state index >= 15 is 0 Å². The van der Waals surface area contributed by atoms with Crippen molar-refractivity contribution >= 4 is 0 Å². The lowest BCUT2D eigenvalue weighted by Crippen LogP contribution is -2.40. The average Bonchev–Trinajstić information content (AvgIpc) is 2.05. The molecule has 0 aromatic heterocycles. The van der Waals surface area contributed by atoms with Crippen LogP contribution in [-0.4, -0.2) is 37.8 Å². The van der Waals surface area contributed by atoms with Gasteiger partial charge in [-0.05, 0) is 20.5 Å². The van der Waals surface area contributed by atoms with Crippen molar-refractivity contribution in [2.45, 2.75) is 39.4 Å². The number of rotatable bonds is 4. The van der Waals surface area contributed by atoms with Gasteiger partial charge in [0, 0.05) is 12.6 Å². The summed E-state index contributed by atoms with van der Waals surface area (Å²) in [6.45, 7) is 6.43. The van der Waals surface area contributed by atoms with Gasteiger partial charge in [0.05, 0.1) is 0 Å². The maximum Gasteiger partial charge on any atom is 0.116 e. The molecule has 0 aromatic carbocycles. The van der Waals surface area contributed by atoms with Gasteiger partial charge in [-0.15, -0.1) is 0 Å². The number of nitrogens with two attached hydrogens (primary N) is 1. The minimum Gasteiger partial charge on any atom is -0.324 e. The molecule has 0 heterocycles. The molecule has 0 aromatic rings. The minimum atomic E-state index is -0.859. The second-order valence-electron chi connectivity index (χ2n) is 2.85. The van der Waals surface area contributed by atoms with Gasteiger partial charge in [0.15, 0.2) is 0 Å². The van der Waals surface area contributed by atoms with E-state index in [0.29, 0.717) is 13.0 Å². The first-order valence-electron chi connectivity index (χ1n) is 4.62. The fraction of sp³-hybridized carbons (Fsp3) is 1.00. The Morgan fingerprint density at radius 1 is 1.33 bits per heavy atom. The molecule has 0 spiro atoms. The SMILES string of the molecule is CC.CCC(F)C(N)CN(C)C. The smallest absolute Gasteiger partial charge is 0.116 e. The van der Waals surface area contributed by atoms with Crippen LogP contribution in [0.15, 0.2) is 0 Å². The monoisotopic (exact) mass is 178 g/mol. The lowest BCUT2D eigenvalue weighted by atomic mass is 10.1. The molecule has 0 bridgehead atoms. The van der Waals surface area contributed by atoms with Crippen LogP contribution in [0.5, 0.6) is 0 Å². The number of halogens is 1. The van der Waals surface area contributed by atoms with E-state index in [1.54, 1.807) is 6.92 Å². The molecule has 76 valence electrons. The minimum absolute atomic E-state index is 0.333. The fourth-order valence-corrected chi connectivity index (χ4v) is 0.839. The summed E-state index contributed by atoms with van der Waals surface area (Å²) in [6, 6.07) is -0.333. The van der Waals surface area contributed by atoms with E-state index in [0.717, 1.165) is 0 Å². The van der Waals surface area contributed by atoms with Gasteiger partial charge in [0.2, 0.25) is 0 Å². The lowest BCUT2D eigenvalue weighted by molar-refractivity contribution is 0.233. The molecule has 0 fully saturated rings. The molecule has 0 rings (SSSR count). The van der Waals surface area contributed by atoms with E-state index in [1.807, 2.05) is 32.8 Å². The third-order valence-corrected chi connectivity index (χ3v) is 1.43. The molecule has 2 atom stereocenters. The Morgan fingerprint density at radius 3 is 2.00 bits per heavy atom. The summed E-state index contributed by atoms with van der Waals surface area (Å²) in [4.78, 5) is 1.90. The standard InChI is InChI=1S/C7H17FN2.C2H6/c1-4-6(8)7(9)5-10(2)3;1-2/h6-7H,4-5,9H2,1-3H3;1-2H3. The largest absolute Gasteiger partial charge is 0.324 e. The molecule has 0 aliphatic rings. The summed E-state index contributed by atoms with van der Waals surface area (Å²) in [5.41, 5.74) is 5.51. The third-order valence-electron chi connectivity index (χ3n) is 1.43. The molecule has 2 N–H and O–H groups in total. The Labute approximate surface area is 75.9 Å². The van der Waals surface area contributed by atoms with Gasteiger partial charge in [-0.3, -0.25) is 0 Å². The molecule has 12 heavy (non-hydrogen) atoms. The number of nitrogens with zero attached hydrogens (tertiary/aromatic N) is 1. The molecular formula is C9H23FN2. The van der Waals surface area contributed by atoms with Crippen molar-refractivity contribution in [3.63, 3.8) is 0 Å². The van der Waals surface area contributed by atoms with Crippen LogP contribution in [0.25, 0.3) is 0 Å². The number of hydrogen-bond donors (Lipinski definition) is 1. The zero-order chi connectivity index (χ0) is 10.1. The molecule has 3 heteroatoms. The van der Waals surface area contributed by atoms with Gasteiger partial charge in [-0.25, -0.2) is 4.39 Å². The van der Waals surface area contributed by atoms with Crippen LogP contribution in [0.4, 0.5) is 4.39 Å². The molecule has 2 unspecified atom stereocenters. The van der Waals surface area contributed by atoms with Gasteiger partial charge >= 0.3 is 0 Å². The van der Waals surface area contributed by atoms with Gasteiger partial charge in [-0.1, -0.05) is 20.8 Å². The topological polar surface area (TPSA) is 29.3 Å². The molecule has 0 saturated carbocycles. The first-order valence-corrected chi connectivity index (χ1v) is 4.62. The van der Waals surface area contributed by atoms with Crippen LogP contribution in [-0.2, 0) is 0 Å². The fourth-order valence-electron chi connectivity index (χ4n) is 0.839. The molecule has 0 saturated heterocycles. The van der Waals surface area contributed by atoms with Crippen molar-refractivity contribution < 1.29 is 4.39 Å². The molecule has 0 aliphatic heterocycles. The number of alkyl halides is 1. The maximum absolute atomic E-state index is 12.7. The molecule has 2 nitrogen and oxygen atoms in total. The van der Waals surface area contributed by atoms with E-state index in [-0.39, 0.29) is 6.04 Å². The highest BCUT2D eigenvalue weighted by Crippen LogP contribution is 2.01. The number of hydrogen-bond acceptors (Lipinski definition) is 2. The van der Waals surface area contributed by atoms with Crippen LogP contribution in [0, 0.1) is 0 Å². The van der Waals surface area contributed by atoms with Gasteiger partial charge in [0.1, 0.15) is 6.17 Å². The predicted molar refractivity (Wildman–Crippen MR) is 53.1 cm³/mol. The first kappa shape index (κ1) is 14.4. The van der Waals surface area contributed by atoms with Crippen LogP contribution in [0.3, 0.4) is 0 Å². The molecule has 0 radical (unpaired) electrons. The van der Waals surface area contributed by atoms with Crippen molar-refractivity contribution in [2.75, 3.05) is 20.6 Å². The summed E-state index contributed by atoms with van der Waals surface area (Å²) in [5, 5.41) is 0. The lowest BCUT2D eigenvalue weighted by Gasteiger charge is -2.19. The van der Waals surface area contributed by atoms with E-state index in [2.05, 4.69) is 0 Å². The highest BCUT2D eigenvalue weighted by Gasteiger charge is 2.14. The Hall–Kier alpha value is -0.150. The van der Waals surface area contributed by atoms with Gasteiger partial charge < -0.3 is 10.6 Å². The van der Waals surface area contributed by atoms with E-state index in [9.17, 15) is 4.39 Å². The first-order chi connectivity index (χ1) is 5.57. The second-order valence-corrected chi connectivity index (χ2v) is 2.85. The van der Waals surface area contributed by atoms with Crippen molar-refractivity contribution in [3.8, 4) is 0 Å². The Balaban J connectivity index is 0. The van der Waals surface area contributed by atoms with E-state index < -0.39 is 6.17 Å². The summed E-state index contributed by atoms with van der Waals surface area (Å²) in [6.07, 6.45) is -0.350. The quantitative estimate of drug-likeness (QED) is 0.709. The highest BCUT2D eigenvalue weighted by molar-refractivity contribution is 4.72. The zero-order valence-corrected chi connectivity index (χ0v) is 8.97. The maximum atomic E-state index is 12.7. The molecular weight excluding hydrogens is 155 g/mol. The van der Waals surface area contributed by atoms with E-state index in [1.165, 1.54) is 0 Å². The molecule has 0 aliphatic carbocycles. The molecule has 0 amide bonds. The van der Waals surface area contributed by atoms with Gasteiger partial charge in [-0.2, -0.15) is 0 Å².